The van der Waals surface area contributed by atoms with Gasteiger partial charge in [-0.3, -0.25) is 23.5 Å². The molecule has 2 rings (SSSR count). The number of carbonyl (C=O) groups excluding carboxylic acids is 3. The van der Waals surface area contributed by atoms with Gasteiger partial charge >= 0.3 is 11.7 Å². The number of benzene rings is 1. The number of ether oxygens (including phenoxy) is 3. The first-order valence-corrected chi connectivity index (χ1v) is 10.2. The first kappa shape index (κ1) is 26.2. The summed E-state index contributed by atoms with van der Waals surface area (Å²) >= 11 is 0. The highest BCUT2D eigenvalue weighted by Crippen LogP contribution is 2.22. The number of nitrogens with zero attached hydrogens (tertiary/aromatic N) is 2. The van der Waals surface area contributed by atoms with Crippen molar-refractivity contribution in [2.45, 2.75) is 19.9 Å². The van der Waals surface area contributed by atoms with Crippen LogP contribution in [0.25, 0.3) is 0 Å². The van der Waals surface area contributed by atoms with Gasteiger partial charge in [0.1, 0.15) is 28.9 Å². The van der Waals surface area contributed by atoms with Crippen LogP contribution in [0, 0.1) is 5.92 Å². The molecule has 0 aliphatic rings. The second-order valence-corrected chi connectivity index (χ2v) is 7.79. The predicted octanol–water partition coefficient (Wildman–Crippen LogP) is -0.136. The first-order chi connectivity index (χ1) is 15.9. The van der Waals surface area contributed by atoms with Crippen molar-refractivity contribution in [2.24, 2.45) is 20.0 Å². The molecule has 0 bridgehead atoms. The number of methoxy groups -OCH3 is 2. The first-order valence-electron chi connectivity index (χ1n) is 10.2. The van der Waals surface area contributed by atoms with E-state index >= 15 is 0 Å². The number of hydrogen-bond donors (Lipinski definition) is 2. The molecule has 0 fully saturated rings. The lowest BCUT2D eigenvalue weighted by atomic mass is 10.0. The van der Waals surface area contributed by atoms with E-state index in [9.17, 15) is 24.0 Å². The number of anilines is 1. The third-order valence-electron chi connectivity index (χ3n) is 5.16. The maximum absolute atomic E-state index is 12.8. The second-order valence-electron chi connectivity index (χ2n) is 7.79. The van der Waals surface area contributed by atoms with E-state index in [2.05, 4.69) is 5.32 Å². The summed E-state index contributed by atoms with van der Waals surface area (Å²) in [6, 6.07) is 3.44. The Labute approximate surface area is 195 Å². The third-order valence-corrected chi connectivity index (χ3v) is 5.16. The summed E-state index contributed by atoms with van der Waals surface area (Å²) in [7, 11) is 5.38. The Hall–Kier alpha value is -4.09. The van der Waals surface area contributed by atoms with E-state index in [0.29, 0.717) is 11.5 Å². The van der Waals surface area contributed by atoms with Gasteiger partial charge in [0.2, 0.25) is 5.78 Å². The quantitative estimate of drug-likeness (QED) is 0.371. The van der Waals surface area contributed by atoms with Crippen molar-refractivity contribution in [3.8, 4) is 11.5 Å². The Morgan fingerprint density at radius 1 is 1.00 bits per heavy atom. The van der Waals surface area contributed by atoms with Crippen LogP contribution in [0.2, 0.25) is 0 Å². The molecular weight excluding hydrogens is 448 g/mol. The highest BCUT2D eigenvalue weighted by atomic mass is 16.5. The fourth-order valence-electron chi connectivity index (χ4n) is 3.08. The lowest BCUT2D eigenvalue weighted by molar-refractivity contribution is -0.145. The molecule has 0 radical (unpaired) electrons. The number of nitrogen functional groups attached to an aromatic ring is 1. The van der Waals surface area contributed by atoms with Crippen molar-refractivity contribution in [2.75, 3.05) is 26.6 Å². The topological polar surface area (TPSA) is 161 Å². The number of esters is 1. The third kappa shape index (κ3) is 5.45. The van der Waals surface area contributed by atoms with Crippen LogP contribution in [0.5, 0.6) is 11.5 Å². The Morgan fingerprint density at radius 2 is 1.56 bits per heavy atom. The monoisotopic (exact) mass is 476 g/mol. The molecule has 0 aliphatic heterocycles. The van der Waals surface area contributed by atoms with Gasteiger partial charge in [0, 0.05) is 25.7 Å². The van der Waals surface area contributed by atoms with E-state index in [1.165, 1.54) is 40.4 Å². The molecule has 12 nitrogen and oxygen atoms in total. The zero-order chi connectivity index (χ0) is 25.7. The van der Waals surface area contributed by atoms with Crippen molar-refractivity contribution < 1.29 is 28.6 Å². The van der Waals surface area contributed by atoms with Crippen molar-refractivity contribution in [3.63, 3.8) is 0 Å². The number of nitrogens with two attached hydrogens (primary N) is 1. The summed E-state index contributed by atoms with van der Waals surface area (Å²) in [6.07, 6.45) is 0. The van der Waals surface area contributed by atoms with E-state index < -0.39 is 53.0 Å². The maximum Gasteiger partial charge on any atom is 0.332 e. The number of rotatable bonds is 9. The summed E-state index contributed by atoms with van der Waals surface area (Å²) in [5, 5.41) is 2.58. The number of amides is 1. The number of carbonyl (C=O) groups is 3. The zero-order valence-electron chi connectivity index (χ0n) is 19.8. The molecule has 12 heteroatoms. The molecule has 0 aliphatic carbocycles. The van der Waals surface area contributed by atoms with Gasteiger partial charge in [0.25, 0.3) is 11.5 Å². The largest absolute Gasteiger partial charge is 0.497 e. The normalized spacial score (nSPS) is 11.6. The molecule has 184 valence electrons. The summed E-state index contributed by atoms with van der Waals surface area (Å²) in [6.45, 7) is 2.56. The van der Waals surface area contributed by atoms with Gasteiger partial charge in [0.05, 0.1) is 14.2 Å². The van der Waals surface area contributed by atoms with Crippen LogP contribution in [-0.4, -0.2) is 53.7 Å². The molecule has 2 aromatic rings. The van der Waals surface area contributed by atoms with Crippen molar-refractivity contribution in [3.05, 3.63) is 50.2 Å². The lowest BCUT2D eigenvalue weighted by Crippen LogP contribution is -2.46. The number of ketones is 1. The molecule has 0 saturated carbocycles. The molecule has 1 atom stereocenters. The van der Waals surface area contributed by atoms with Gasteiger partial charge in [-0.2, -0.15) is 0 Å². The van der Waals surface area contributed by atoms with Crippen LogP contribution < -0.4 is 31.8 Å². The molecule has 1 heterocycles. The highest BCUT2D eigenvalue weighted by Gasteiger charge is 2.28. The van der Waals surface area contributed by atoms with E-state index in [1.54, 1.807) is 19.9 Å². The van der Waals surface area contributed by atoms with Crippen LogP contribution in [0.4, 0.5) is 5.82 Å². The fraction of sp³-hybridized carbons (Fsp3) is 0.409. The van der Waals surface area contributed by atoms with Gasteiger partial charge in [-0.1, -0.05) is 13.8 Å². The Kier molecular flexibility index (Phi) is 8.22. The Balaban J connectivity index is 2.19. The molecule has 1 amide bonds. The van der Waals surface area contributed by atoms with Gasteiger partial charge < -0.3 is 25.3 Å². The van der Waals surface area contributed by atoms with E-state index in [0.717, 1.165) is 9.13 Å². The minimum absolute atomic E-state index is 0.187. The zero-order valence-corrected chi connectivity index (χ0v) is 19.8. The molecule has 0 unspecified atom stereocenters. The lowest BCUT2D eigenvalue weighted by Gasteiger charge is -2.21. The molecule has 1 aromatic heterocycles. The standard InChI is InChI=1S/C22H28N4O8/c1-11(2)17(24-19(28)12-7-13(32-5)9-14(8-12)33-6)21(30)34-10-15(27)16-18(23)25(3)22(31)26(4)20(16)29/h7-9,11,17H,10,23H2,1-6H3,(H,24,28)/t17-/m0/s1. The molecular formula is C22H28N4O8. The van der Waals surface area contributed by atoms with Crippen molar-refractivity contribution >= 4 is 23.5 Å². The average Bonchev–Trinajstić information content (AvgIpc) is 2.82. The van der Waals surface area contributed by atoms with Crippen molar-refractivity contribution in [1.29, 1.82) is 0 Å². The van der Waals surface area contributed by atoms with Gasteiger partial charge in [-0.05, 0) is 18.1 Å². The number of aromatic nitrogens is 2. The van der Waals surface area contributed by atoms with Crippen LogP contribution in [0.3, 0.4) is 0 Å². The number of Topliss-reactive ketones (excluding diaryl/α,β-unsaturated/α-hetero) is 1. The van der Waals surface area contributed by atoms with Crippen LogP contribution in [0.1, 0.15) is 34.6 Å². The Morgan fingerprint density at radius 3 is 2.06 bits per heavy atom. The second kappa shape index (κ2) is 10.7. The summed E-state index contributed by atoms with van der Waals surface area (Å²) in [4.78, 5) is 62.3. The van der Waals surface area contributed by atoms with Crippen LogP contribution in [0.15, 0.2) is 27.8 Å². The van der Waals surface area contributed by atoms with Gasteiger partial charge in [-0.25, -0.2) is 9.59 Å². The fourth-order valence-corrected chi connectivity index (χ4v) is 3.08. The Bertz CT molecular complexity index is 1210. The minimum atomic E-state index is -1.10. The smallest absolute Gasteiger partial charge is 0.332 e. The van der Waals surface area contributed by atoms with E-state index in [1.807, 2.05) is 0 Å². The SMILES string of the molecule is COc1cc(OC)cc(C(=O)N[C@H](C(=O)OCC(=O)c2c(N)n(C)c(=O)n(C)c2=O)C(C)C)c1. The summed E-state index contributed by atoms with van der Waals surface area (Å²) in [5.74, 6) is -2.31. The molecule has 0 spiro atoms. The van der Waals surface area contributed by atoms with Crippen LogP contribution in [-0.2, 0) is 23.6 Å². The van der Waals surface area contributed by atoms with Crippen molar-refractivity contribution in [1.82, 2.24) is 14.5 Å². The molecule has 34 heavy (non-hydrogen) atoms. The van der Waals surface area contributed by atoms with Crippen LogP contribution >= 0.6 is 0 Å². The highest BCUT2D eigenvalue weighted by molar-refractivity contribution is 6.02. The van der Waals surface area contributed by atoms with E-state index in [4.69, 9.17) is 19.9 Å². The summed E-state index contributed by atoms with van der Waals surface area (Å²) in [5.41, 5.74) is 3.88. The minimum Gasteiger partial charge on any atom is -0.497 e. The average molecular weight is 476 g/mol. The van der Waals surface area contributed by atoms with Gasteiger partial charge in [0.15, 0.2) is 6.61 Å². The molecule has 0 saturated heterocycles. The number of nitrogens with one attached hydrogen (secondary N) is 1. The maximum atomic E-state index is 12.8. The number of hydrogen-bond acceptors (Lipinski definition) is 9. The van der Waals surface area contributed by atoms with Gasteiger partial charge in [-0.15, -0.1) is 0 Å². The molecule has 1 aromatic carbocycles. The van der Waals surface area contributed by atoms with E-state index in [-0.39, 0.29) is 11.4 Å². The predicted molar refractivity (Wildman–Crippen MR) is 122 cm³/mol. The molecule has 3 N–H and O–H groups in total. The summed E-state index contributed by atoms with van der Waals surface area (Å²) < 4.78 is 17.1.